The average molecular weight is 376 g/mol. The monoisotopic (exact) mass is 376 g/mol. The Kier molecular flexibility index (Phi) is 4.48. The van der Waals surface area contributed by atoms with Crippen molar-refractivity contribution in [1.82, 2.24) is 19.2 Å². The van der Waals surface area contributed by atoms with Gasteiger partial charge < -0.3 is 9.88 Å². The van der Waals surface area contributed by atoms with E-state index in [0.29, 0.717) is 25.9 Å². The number of likely N-dealkylation sites (tertiary alicyclic amines) is 1. The first-order valence-corrected chi connectivity index (χ1v) is 11.0. The van der Waals surface area contributed by atoms with E-state index in [2.05, 4.69) is 9.97 Å². The van der Waals surface area contributed by atoms with Gasteiger partial charge in [-0.2, -0.15) is 0 Å². The molecule has 2 aliphatic rings. The van der Waals surface area contributed by atoms with E-state index >= 15 is 0 Å². The number of fused-ring (bicyclic) bond motifs is 1. The molecule has 0 spiro atoms. The Labute approximate surface area is 153 Å². The van der Waals surface area contributed by atoms with Crippen LogP contribution in [0.2, 0.25) is 0 Å². The highest BCUT2D eigenvalue weighted by molar-refractivity contribution is 7.88. The van der Waals surface area contributed by atoms with Crippen molar-refractivity contribution in [3.8, 4) is 0 Å². The molecule has 7 nitrogen and oxygen atoms in total. The van der Waals surface area contributed by atoms with Crippen molar-refractivity contribution in [3.05, 3.63) is 30.1 Å². The minimum atomic E-state index is -3.17. The third-order valence-electron chi connectivity index (χ3n) is 5.53. The van der Waals surface area contributed by atoms with E-state index in [4.69, 9.17) is 0 Å². The number of rotatable bonds is 3. The molecule has 1 unspecified atom stereocenters. The van der Waals surface area contributed by atoms with Crippen LogP contribution in [0.25, 0.3) is 11.0 Å². The SMILES string of the molecule is CS(=O)(=O)N1CCC(C(=O)N2CCCC2c2nc3ccccc3[nH]2)CC1. The van der Waals surface area contributed by atoms with Crippen molar-refractivity contribution < 1.29 is 13.2 Å². The molecule has 1 aromatic heterocycles. The first kappa shape index (κ1) is 17.5. The Morgan fingerprint density at radius 3 is 2.58 bits per heavy atom. The molecular formula is C18H24N4O3S. The lowest BCUT2D eigenvalue weighted by molar-refractivity contribution is -0.137. The number of sulfonamides is 1. The molecule has 26 heavy (non-hydrogen) atoms. The molecule has 8 heteroatoms. The van der Waals surface area contributed by atoms with Crippen LogP contribution in [0.1, 0.15) is 37.5 Å². The van der Waals surface area contributed by atoms with Crippen molar-refractivity contribution in [3.63, 3.8) is 0 Å². The molecule has 0 bridgehead atoms. The second-order valence-corrected chi connectivity index (χ2v) is 9.25. The lowest BCUT2D eigenvalue weighted by atomic mass is 9.96. The molecule has 140 valence electrons. The third kappa shape index (κ3) is 3.23. The lowest BCUT2D eigenvalue weighted by Gasteiger charge is -2.33. The summed E-state index contributed by atoms with van der Waals surface area (Å²) in [5.74, 6) is 0.893. The van der Waals surface area contributed by atoms with Crippen LogP contribution in [0.4, 0.5) is 0 Å². The van der Waals surface area contributed by atoms with E-state index < -0.39 is 10.0 Å². The number of amides is 1. The summed E-state index contributed by atoms with van der Waals surface area (Å²) < 4.78 is 24.8. The van der Waals surface area contributed by atoms with Gasteiger partial charge in [0.25, 0.3) is 0 Å². The molecule has 2 saturated heterocycles. The molecule has 0 radical (unpaired) electrons. The van der Waals surface area contributed by atoms with Gasteiger partial charge in [-0.25, -0.2) is 17.7 Å². The number of carbonyl (C=O) groups excluding carboxylic acids is 1. The average Bonchev–Trinajstić information content (AvgIpc) is 3.26. The summed E-state index contributed by atoms with van der Waals surface area (Å²) in [6.45, 7) is 1.60. The Bertz CT molecular complexity index is 882. The van der Waals surface area contributed by atoms with E-state index in [1.807, 2.05) is 29.2 Å². The number of nitrogens with one attached hydrogen (secondary N) is 1. The van der Waals surface area contributed by atoms with Crippen LogP contribution in [0.5, 0.6) is 0 Å². The van der Waals surface area contributed by atoms with Gasteiger partial charge in [0.1, 0.15) is 5.82 Å². The molecule has 0 saturated carbocycles. The molecule has 1 amide bonds. The van der Waals surface area contributed by atoms with Crippen LogP contribution in [0.15, 0.2) is 24.3 Å². The standard InChI is InChI=1S/C18H24N4O3S/c1-26(24,25)21-11-8-13(9-12-21)18(23)22-10-4-7-16(22)17-19-14-5-2-3-6-15(14)20-17/h2-3,5-6,13,16H,4,7-12H2,1H3,(H,19,20). The Hall–Kier alpha value is -1.93. The van der Waals surface area contributed by atoms with E-state index in [9.17, 15) is 13.2 Å². The number of hydrogen-bond acceptors (Lipinski definition) is 4. The zero-order chi connectivity index (χ0) is 18.3. The van der Waals surface area contributed by atoms with E-state index in [1.54, 1.807) is 0 Å². The second-order valence-electron chi connectivity index (χ2n) is 7.27. The Morgan fingerprint density at radius 2 is 1.88 bits per heavy atom. The first-order valence-electron chi connectivity index (χ1n) is 9.14. The van der Waals surface area contributed by atoms with E-state index in [1.165, 1.54) is 10.6 Å². The number of para-hydroxylation sites is 2. The maximum absolute atomic E-state index is 13.1. The molecule has 2 aliphatic heterocycles. The predicted molar refractivity (Wildman–Crippen MR) is 98.9 cm³/mol. The molecule has 1 N–H and O–H groups in total. The van der Waals surface area contributed by atoms with Gasteiger partial charge in [0.15, 0.2) is 0 Å². The molecular weight excluding hydrogens is 352 g/mol. The Balaban J connectivity index is 1.49. The zero-order valence-electron chi connectivity index (χ0n) is 14.9. The molecule has 0 aliphatic carbocycles. The van der Waals surface area contributed by atoms with Gasteiger partial charge in [0, 0.05) is 25.6 Å². The minimum absolute atomic E-state index is 0.0113. The van der Waals surface area contributed by atoms with Gasteiger partial charge in [-0.1, -0.05) is 12.1 Å². The number of nitrogens with zero attached hydrogens (tertiary/aromatic N) is 3. The van der Waals surface area contributed by atoms with Crippen LogP contribution in [-0.2, 0) is 14.8 Å². The van der Waals surface area contributed by atoms with Crippen LogP contribution in [-0.4, -0.2) is 59.4 Å². The largest absolute Gasteiger partial charge is 0.340 e. The molecule has 3 heterocycles. The third-order valence-corrected chi connectivity index (χ3v) is 6.83. The quantitative estimate of drug-likeness (QED) is 0.886. The van der Waals surface area contributed by atoms with Gasteiger partial charge in [-0.05, 0) is 37.8 Å². The van der Waals surface area contributed by atoms with Crippen molar-refractivity contribution in [2.24, 2.45) is 5.92 Å². The van der Waals surface area contributed by atoms with Crippen molar-refractivity contribution in [2.45, 2.75) is 31.7 Å². The topological polar surface area (TPSA) is 86.4 Å². The number of aromatic amines is 1. The van der Waals surface area contributed by atoms with Crippen molar-refractivity contribution >= 4 is 27.0 Å². The van der Waals surface area contributed by atoms with Gasteiger partial charge in [-0.15, -0.1) is 0 Å². The van der Waals surface area contributed by atoms with Crippen molar-refractivity contribution in [2.75, 3.05) is 25.9 Å². The first-order chi connectivity index (χ1) is 12.4. The molecule has 4 rings (SSSR count). The van der Waals surface area contributed by atoms with Gasteiger partial charge in [-0.3, -0.25) is 4.79 Å². The zero-order valence-corrected chi connectivity index (χ0v) is 15.7. The number of hydrogen-bond donors (Lipinski definition) is 1. The molecule has 1 aromatic carbocycles. The fourth-order valence-corrected chi connectivity index (χ4v) is 4.99. The smallest absolute Gasteiger partial charge is 0.226 e. The number of aromatic nitrogens is 2. The number of benzene rings is 1. The summed E-state index contributed by atoms with van der Waals surface area (Å²) in [5.41, 5.74) is 1.91. The number of imidazole rings is 1. The highest BCUT2D eigenvalue weighted by Crippen LogP contribution is 2.34. The number of H-pyrrole nitrogens is 1. The maximum Gasteiger partial charge on any atom is 0.226 e. The molecule has 1 atom stereocenters. The summed E-state index contributed by atoms with van der Waals surface area (Å²) >= 11 is 0. The molecule has 2 fully saturated rings. The maximum atomic E-state index is 13.1. The summed E-state index contributed by atoms with van der Waals surface area (Å²) in [5, 5.41) is 0. The fourth-order valence-electron chi connectivity index (χ4n) is 4.11. The number of carbonyl (C=O) groups is 1. The summed E-state index contributed by atoms with van der Waals surface area (Å²) in [4.78, 5) is 23.1. The highest BCUT2D eigenvalue weighted by Gasteiger charge is 2.37. The number of piperidine rings is 1. The fraction of sp³-hybridized carbons (Fsp3) is 0.556. The van der Waals surface area contributed by atoms with Crippen LogP contribution < -0.4 is 0 Å². The lowest BCUT2D eigenvalue weighted by Crippen LogP contribution is -2.44. The summed E-state index contributed by atoms with van der Waals surface area (Å²) in [6, 6.07) is 7.88. The van der Waals surface area contributed by atoms with Crippen molar-refractivity contribution in [1.29, 1.82) is 0 Å². The van der Waals surface area contributed by atoms with Gasteiger partial charge in [0.2, 0.25) is 15.9 Å². The normalized spacial score (nSPS) is 23.0. The second kappa shape index (κ2) is 6.66. The highest BCUT2D eigenvalue weighted by atomic mass is 32.2. The van der Waals surface area contributed by atoms with Crippen LogP contribution in [0.3, 0.4) is 0 Å². The minimum Gasteiger partial charge on any atom is -0.340 e. The Morgan fingerprint density at radius 1 is 1.15 bits per heavy atom. The predicted octanol–water partition coefficient (Wildman–Crippen LogP) is 1.90. The van der Waals surface area contributed by atoms with Gasteiger partial charge in [0.05, 0.1) is 23.3 Å². The van der Waals surface area contributed by atoms with Crippen LogP contribution >= 0.6 is 0 Å². The molecule has 2 aromatic rings. The summed E-state index contributed by atoms with van der Waals surface area (Å²) in [7, 11) is -3.17. The van der Waals surface area contributed by atoms with Crippen LogP contribution in [0, 0.1) is 5.92 Å². The van der Waals surface area contributed by atoms with E-state index in [0.717, 1.165) is 36.2 Å². The van der Waals surface area contributed by atoms with E-state index in [-0.39, 0.29) is 17.9 Å². The van der Waals surface area contributed by atoms with Gasteiger partial charge >= 0.3 is 0 Å². The summed E-state index contributed by atoms with van der Waals surface area (Å²) in [6.07, 6.45) is 4.29.